The molecule has 3 aromatic heterocycles. The molecular formula is C20H19N7O. The highest BCUT2D eigenvalue weighted by molar-refractivity contribution is 5.91. The normalized spacial score (nSPS) is 11.2. The molecule has 8 nitrogen and oxygen atoms in total. The molecule has 3 heterocycles. The Morgan fingerprint density at radius 3 is 2.82 bits per heavy atom. The molecule has 0 radical (unpaired) electrons. The molecule has 0 aliphatic heterocycles. The standard InChI is InChI=1S/C20H19N7O/c1-3-17-18-19(25-24-12-14-7-9-21-10-8-14)22-13-23-20(18)27(26-17)15-5-4-6-16(11-15)28-2/h4-13H,3H2,1-2H3,(H,22,23,25)/b24-12+. The molecule has 0 bridgehead atoms. The number of methoxy groups -OCH3 is 1. The molecule has 0 saturated heterocycles. The largest absolute Gasteiger partial charge is 0.497 e. The van der Waals surface area contributed by atoms with Crippen LogP contribution in [0.4, 0.5) is 5.82 Å². The number of hydrogen-bond acceptors (Lipinski definition) is 7. The first-order valence-electron chi connectivity index (χ1n) is 8.86. The van der Waals surface area contributed by atoms with Crippen molar-refractivity contribution in [3.05, 3.63) is 66.4 Å². The number of hydrogen-bond donors (Lipinski definition) is 1. The first-order valence-corrected chi connectivity index (χ1v) is 8.86. The molecule has 0 aliphatic carbocycles. The molecule has 0 unspecified atom stereocenters. The smallest absolute Gasteiger partial charge is 0.168 e. The maximum Gasteiger partial charge on any atom is 0.168 e. The number of anilines is 1. The van der Waals surface area contributed by atoms with E-state index < -0.39 is 0 Å². The second kappa shape index (κ2) is 7.83. The Balaban J connectivity index is 1.75. The number of nitrogens with one attached hydrogen (secondary N) is 1. The number of rotatable bonds is 6. The maximum absolute atomic E-state index is 5.33. The highest BCUT2D eigenvalue weighted by Gasteiger charge is 2.16. The van der Waals surface area contributed by atoms with Gasteiger partial charge in [-0.3, -0.25) is 10.4 Å². The van der Waals surface area contributed by atoms with Gasteiger partial charge < -0.3 is 4.74 Å². The summed E-state index contributed by atoms with van der Waals surface area (Å²) in [5.74, 6) is 1.37. The van der Waals surface area contributed by atoms with Gasteiger partial charge in [0.2, 0.25) is 0 Å². The van der Waals surface area contributed by atoms with E-state index in [1.54, 1.807) is 30.4 Å². The van der Waals surface area contributed by atoms with Crippen LogP contribution in [0.3, 0.4) is 0 Å². The van der Waals surface area contributed by atoms with E-state index in [1.165, 1.54) is 6.33 Å². The zero-order chi connectivity index (χ0) is 19.3. The van der Waals surface area contributed by atoms with Crippen molar-refractivity contribution in [3.63, 3.8) is 0 Å². The number of pyridine rings is 1. The van der Waals surface area contributed by atoms with Crippen LogP contribution in [0.15, 0.2) is 60.2 Å². The number of aromatic nitrogens is 5. The number of benzene rings is 1. The lowest BCUT2D eigenvalue weighted by Gasteiger charge is -2.06. The van der Waals surface area contributed by atoms with E-state index in [-0.39, 0.29) is 0 Å². The number of hydrazone groups is 1. The zero-order valence-corrected chi connectivity index (χ0v) is 15.6. The van der Waals surface area contributed by atoms with E-state index in [1.807, 2.05) is 36.4 Å². The van der Waals surface area contributed by atoms with Gasteiger partial charge in [0.15, 0.2) is 11.5 Å². The van der Waals surface area contributed by atoms with Gasteiger partial charge in [0.1, 0.15) is 12.1 Å². The van der Waals surface area contributed by atoms with E-state index in [0.717, 1.165) is 34.5 Å². The van der Waals surface area contributed by atoms with Crippen molar-refractivity contribution in [1.82, 2.24) is 24.7 Å². The van der Waals surface area contributed by atoms with Gasteiger partial charge in [-0.25, -0.2) is 14.6 Å². The van der Waals surface area contributed by atoms with Gasteiger partial charge in [-0.1, -0.05) is 13.0 Å². The van der Waals surface area contributed by atoms with Crippen molar-refractivity contribution >= 4 is 23.1 Å². The molecule has 8 heteroatoms. The molecular weight excluding hydrogens is 354 g/mol. The molecule has 0 saturated carbocycles. The van der Waals surface area contributed by atoms with Crippen LogP contribution < -0.4 is 10.2 Å². The van der Waals surface area contributed by atoms with Crippen LogP contribution in [0.5, 0.6) is 5.75 Å². The second-order valence-electron chi connectivity index (χ2n) is 5.98. The number of aryl methyl sites for hydroxylation is 1. The Labute approximate surface area is 161 Å². The van der Waals surface area contributed by atoms with Gasteiger partial charge >= 0.3 is 0 Å². The Kier molecular flexibility index (Phi) is 4.92. The summed E-state index contributed by atoms with van der Waals surface area (Å²) in [4.78, 5) is 12.8. The van der Waals surface area contributed by atoms with Gasteiger partial charge in [0.05, 0.1) is 30.1 Å². The molecule has 4 rings (SSSR count). The Bertz CT molecular complexity index is 1120. The van der Waals surface area contributed by atoms with Crippen molar-refractivity contribution in [1.29, 1.82) is 0 Å². The van der Waals surface area contributed by atoms with Crippen LogP contribution in [0.25, 0.3) is 16.7 Å². The summed E-state index contributed by atoms with van der Waals surface area (Å²) >= 11 is 0. The topological polar surface area (TPSA) is 90.1 Å². The van der Waals surface area contributed by atoms with Gasteiger partial charge in [0, 0.05) is 18.5 Å². The van der Waals surface area contributed by atoms with Crippen LogP contribution in [0, 0.1) is 0 Å². The third-order valence-corrected chi connectivity index (χ3v) is 4.26. The summed E-state index contributed by atoms with van der Waals surface area (Å²) in [6, 6.07) is 11.4. The number of nitrogens with zero attached hydrogens (tertiary/aromatic N) is 6. The summed E-state index contributed by atoms with van der Waals surface area (Å²) in [6.45, 7) is 2.05. The highest BCUT2D eigenvalue weighted by atomic mass is 16.5. The van der Waals surface area contributed by atoms with Crippen molar-refractivity contribution < 1.29 is 4.74 Å². The van der Waals surface area contributed by atoms with E-state index >= 15 is 0 Å². The van der Waals surface area contributed by atoms with Crippen LogP contribution in [-0.4, -0.2) is 38.1 Å². The van der Waals surface area contributed by atoms with E-state index in [0.29, 0.717) is 11.5 Å². The summed E-state index contributed by atoms with van der Waals surface area (Å²) in [6.07, 6.45) is 7.40. The minimum absolute atomic E-state index is 0.612. The van der Waals surface area contributed by atoms with Crippen LogP contribution in [0.2, 0.25) is 0 Å². The summed E-state index contributed by atoms with van der Waals surface area (Å²) in [5.41, 5.74) is 6.43. The molecule has 1 aromatic carbocycles. The molecule has 0 fully saturated rings. The fourth-order valence-electron chi connectivity index (χ4n) is 2.89. The molecule has 0 atom stereocenters. The minimum atomic E-state index is 0.612. The quantitative estimate of drug-likeness (QED) is 0.412. The van der Waals surface area contributed by atoms with E-state index in [4.69, 9.17) is 9.84 Å². The molecule has 1 N–H and O–H groups in total. The Morgan fingerprint density at radius 2 is 2.04 bits per heavy atom. The van der Waals surface area contributed by atoms with Crippen LogP contribution in [-0.2, 0) is 6.42 Å². The predicted molar refractivity (Wildman–Crippen MR) is 108 cm³/mol. The first kappa shape index (κ1) is 17.6. The number of fused-ring (bicyclic) bond motifs is 1. The van der Waals surface area contributed by atoms with Crippen LogP contribution in [0.1, 0.15) is 18.2 Å². The first-order chi connectivity index (χ1) is 13.8. The Morgan fingerprint density at radius 1 is 1.18 bits per heavy atom. The number of ether oxygens (including phenoxy) is 1. The minimum Gasteiger partial charge on any atom is -0.497 e. The third-order valence-electron chi connectivity index (χ3n) is 4.26. The average molecular weight is 373 g/mol. The fraction of sp³-hybridized carbons (Fsp3) is 0.150. The van der Waals surface area contributed by atoms with E-state index in [9.17, 15) is 0 Å². The molecule has 0 amide bonds. The third kappa shape index (κ3) is 3.39. The molecule has 0 aliphatic rings. The Hall–Kier alpha value is -3.81. The highest BCUT2D eigenvalue weighted by Crippen LogP contribution is 2.27. The van der Waals surface area contributed by atoms with Gasteiger partial charge in [0.25, 0.3) is 0 Å². The molecule has 140 valence electrons. The maximum atomic E-state index is 5.33. The molecule has 28 heavy (non-hydrogen) atoms. The summed E-state index contributed by atoms with van der Waals surface area (Å²) in [7, 11) is 1.64. The fourth-order valence-corrected chi connectivity index (χ4v) is 2.89. The van der Waals surface area contributed by atoms with Crippen molar-refractivity contribution in [2.45, 2.75) is 13.3 Å². The lowest BCUT2D eigenvalue weighted by molar-refractivity contribution is 0.414. The monoisotopic (exact) mass is 373 g/mol. The summed E-state index contributed by atoms with van der Waals surface area (Å²) < 4.78 is 7.13. The van der Waals surface area contributed by atoms with Crippen molar-refractivity contribution in [3.8, 4) is 11.4 Å². The molecule has 0 spiro atoms. The van der Waals surface area contributed by atoms with Crippen molar-refractivity contribution in [2.75, 3.05) is 12.5 Å². The lowest BCUT2D eigenvalue weighted by atomic mass is 10.2. The molecule has 4 aromatic rings. The van der Waals surface area contributed by atoms with Gasteiger partial charge in [-0.15, -0.1) is 0 Å². The average Bonchev–Trinajstić information content (AvgIpc) is 3.14. The van der Waals surface area contributed by atoms with Gasteiger partial charge in [-0.05, 0) is 36.2 Å². The zero-order valence-electron chi connectivity index (χ0n) is 15.6. The van der Waals surface area contributed by atoms with E-state index in [2.05, 4.69) is 32.4 Å². The van der Waals surface area contributed by atoms with Crippen LogP contribution >= 0.6 is 0 Å². The SMILES string of the molecule is CCc1nn(-c2cccc(OC)c2)c2ncnc(N/N=C/c3ccncc3)c12. The predicted octanol–water partition coefficient (Wildman–Crippen LogP) is 3.23. The van der Waals surface area contributed by atoms with Crippen molar-refractivity contribution in [2.24, 2.45) is 5.10 Å². The summed E-state index contributed by atoms with van der Waals surface area (Å²) in [5, 5.41) is 9.88. The lowest BCUT2D eigenvalue weighted by Crippen LogP contribution is -2.00. The van der Waals surface area contributed by atoms with Gasteiger partial charge in [-0.2, -0.15) is 10.2 Å². The second-order valence-corrected chi connectivity index (χ2v) is 5.98.